The fraction of sp³-hybridized carbons (Fsp3) is 0.526. The highest BCUT2D eigenvalue weighted by Gasteiger charge is 2.32. The van der Waals surface area contributed by atoms with E-state index >= 15 is 0 Å². The van der Waals surface area contributed by atoms with Crippen molar-refractivity contribution in [3.05, 3.63) is 21.8 Å². The normalized spacial score (nSPS) is 14.6. The molecule has 4 atom stereocenters. The first-order valence-electron chi connectivity index (χ1n) is 10.1. The van der Waals surface area contributed by atoms with Crippen LogP contribution in [0, 0.1) is 10.7 Å². The average molecular weight is 836 g/mol. The van der Waals surface area contributed by atoms with E-state index in [1.807, 2.05) is 45.2 Å². The van der Waals surface area contributed by atoms with Gasteiger partial charge in [-0.25, -0.2) is 0 Å². The number of amides is 3. The fourth-order valence-electron chi connectivity index (χ4n) is 2.77. The van der Waals surface area contributed by atoms with Gasteiger partial charge in [-0.15, -0.1) is 0 Å². The third kappa shape index (κ3) is 8.53. The molecule has 198 valence electrons. The van der Waals surface area contributed by atoms with Gasteiger partial charge < -0.3 is 52.3 Å². The Hall–Kier alpha value is -0.460. The molecule has 13 nitrogen and oxygen atoms in total. The molecule has 0 saturated carbocycles. The van der Waals surface area contributed by atoms with Crippen molar-refractivity contribution in [2.24, 2.45) is 5.73 Å². The highest BCUT2D eigenvalue weighted by molar-refractivity contribution is 14.1. The molecule has 0 saturated heterocycles. The van der Waals surface area contributed by atoms with Crippen molar-refractivity contribution in [3.8, 4) is 0 Å². The van der Waals surface area contributed by atoms with Crippen LogP contribution in [0.3, 0.4) is 0 Å². The van der Waals surface area contributed by atoms with Crippen molar-refractivity contribution in [3.63, 3.8) is 0 Å². The number of aliphatic hydroxyl groups is 6. The fourth-order valence-corrected chi connectivity index (χ4v) is 7.18. The number of benzene rings is 1. The van der Waals surface area contributed by atoms with Crippen LogP contribution in [0.4, 0.5) is 5.69 Å². The summed E-state index contributed by atoms with van der Waals surface area (Å²) in [7, 11) is 0. The molecule has 0 aliphatic rings. The number of nitrogens with one attached hydrogen (secondary N) is 3. The maximum Gasteiger partial charge on any atom is 0.253 e. The third-order valence-electron chi connectivity index (χ3n) is 4.74. The summed E-state index contributed by atoms with van der Waals surface area (Å²) in [4.78, 5) is 38.6. The van der Waals surface area contributed by atoms with Crippen molar-refractivity contribution >= 4 is 91.2 Å². The van der Waals surface area contributed by atoms with Crippen LogP contribution in [0.15, 0.2) is 0 Å². The number of anilines is 1. The lowest BCUT2D eigenvalue weighted by Crippen LogP contribution is -2.48. The first kappa shape index (κ1) is 32.6. The summed E-state index contributed by atoms with van der Waals surface area (Å²) < 4.78 is 0.633. The summed E-state index contributed by atoms with van der Waals surface area (Å²) in [6.45, 7) is -2.77. The van der Waals surface area contributed by atoms with Gasteiger partial charge >= 0.3 is 0 Å². The number of hydrogen-bond donors (Lipinski definition) is 10. The zero-order valence-electron chi connectivity index (χ0n) is 18.2. The van der Waals surface area contributed by atoms with Gasteiger partial charge in [-0.2, -0.15) is 0 Å². The summed E-state index contributed by atoms with van der Waals surface area (Å²) in [5.74, 6) is -2.09. The predicted molar refractivity (Wildman–Crippen MR) is 150 cm³/mol. The minimum absolute atomic E-state index is 0.0359. The van der Waals surface area contributed by atoms with Gasteiger partial charge in [0.15, 0.2) is 0 Å². The number of halogens is 3. The third-order valence-corrected chi connectivity index (χ3v) is 7.97. The molecule has 0 bridgehead atoms. The van der Waals surface area contributed by atoms with Crippen molar-refractivity contribution in [2.75, 3.05) is 38.3 Å². The van der Waals surface area contributed by atoms with E-state index in [0.29, 0.717) is 0 Å². The van der Waals surface area contributed by atoms with Gasteiger partial charge in [0.05, 0.1) is 74.7 Å². The molecule has 0 aliphatic heterocycles. The van der Waals surface area contributed by atoms with Crippen LogP contribution in [0.5, 0.6) is 0 Å². The van der Waals surface area contributed by atoms with E-state index in [1.54, 1.807) is 22.6 Å². The molecule has 0 spiro atoms. The maximum absolute atomic E-state index is 13.2. The van der Waals surface area contributed by atoms with E-state index in [-0.39, 0.29) is 40.5 Å². The lowest BCUT2D eigenvalue weighted by atomic mass is 10.1. The largest absolute Gasteiger partial charge is 0.394 e. The smallest absolute Gasteiger partial charge is 0.253 e. The van der Waals surface area contributed by atoms with Gasteiger partial charge in [0, 0.05) is 16.5 Å². The summed E-state index contributed by atoms with van der Waals surface area (Å²) >= 11 is 5.37. The molecule has 4 unspecified atom stereocenters. The van der Waals surface area contributed by atoms with Gasteiger partial charge in [-0.05, 0) is 67.8 Å². The quantitative estimate of drug-likeness (QED) is 0.0954. The van der Waals surface area contributed by atoms with Crippen LogP contribution in [0.2, 0.25) is 0 Å². The van der Waals surface area contributed by atoms with Crippen molar-refractivity contribution in [1.29, 1.82) is 0 Å². The predicted octanol–water partition coefficient (Wildman–Crippen LogP) is -2.32. The van der Waals surface area contributed by atoms with E-state index in [2.05, 4.69) is 16.0 Å². The first-order valence-corrected chi connectivity index (χ1v) is 13.3. The highest BCUT2D eigenvalue weighted by atomic mass is 127. The van der Waals surface area contributed by atoms with Crippen LogP contribution >= 0.6 is 67.8 Å². The number of carbonyl (C=O) groups is 3. The number of rotatable bonds is 13. The van der Waals surface area contributed by atoms with Crippen LogP contribution in [0.25, 0.3) is 0 Å². The summed E-state index contributed by atoms with van der Waals surface area (Å²) in [6.07, 6.45) is -2.95. The van der Waals surface area contributed by atoms with E-state index in [1.165, 1.54) is 0 Å². The molecule has 0 aromatic heterocycles. The maximum atomic E-state index is 13.2. The molecule has 0 fully saturated rings. The Bertz CT molecular complexity index is 863. The van der Waals surface area contributed by atoms with Crippen molar-refractivity contribution < 1.29 is 45.0 Å². The highest BCUT2D eigenvalue weighted by Crippen LogP contribution is 2.36. The van der Waals surface area contributed by atoms with Crippen LogP contribution in [0.1, 0.15) is 27.1 Å². The Labute approximate surface area is 241 Å². The Morgan fingerprint density at radius 3 is 1.46 bits per heavy atom. The Morgan fingerprint density at radius 1 is 0.743 bits per heavy atom. The molecule has 0 aliphatic carbocycles. The second kappa shape index (κ2) is 15.7. The van der Waals surface area contributed by atoms with Crippen LogP contribution < -0.4 is 21.7 Å². The van der Waals surface area contributed by atoms with Crippen LogP contribution in [-0.2, 0) is 4.79 Å². The Morgan fingerprint density at radius 2 is 1.14 bits per heavy atom. The average Bonchev–Trinajstić information content (AvgIpc) is 2.82. The Kier molecular flexibility index (Phi) is 14.6. The number of hydrogen-bond acceptors (Lipinski definition) is 10. The van der Waals surface area contributed by atoms with Crippen molar-refractivity contribution in [2.45, 2.75) is 30.7 Å². The van der Waals surface area contributed by atoms with E-state index < -0.39 is 68.4 Å². The van der Waals surface area contributed by atoms with Gasteiger partial charge in [-0.3, -0.25) is 14.4 Å². The molecule has 16 heteroatoms. The minimum atomic E-state index is -1.46. The van der Waals surface area contributed by atoms with Gasteiger partial charge in [0.25, 0.3) is 11.8 Å². The second-order valence-electron chi connectivity index (χ2n) is 7.18. The number of nitrogens with two attached hydrogens (primary N) is 1. The van der Waals surface area contributed by atoms with Gasteiger partial charge in [0.1, 0.15) is 0 Å². The zero-order chi connectivity index (χ0) is 26.9. The lowest BCUT2D eigenvalue weighted by Gasteiger charge is -2.25. The molecule has 0 radical (unpaired) electrons. The lowest BCUT2D eigenvalue weighted by molar-refractivity contribution is -0.116. The minimum Gasteiger partial charge on any atom is -0.394 e. The molecule has 0 heterocycles. The molecular weight excluding hydrogens is 809 g/mol. The molecule has 11 N–H and O–H groups in total. The summed E-state index contributed by atoms with van der Waals surface area (Å²) in [5, 5.41) is 64.4. The molecule has 1 rings (SSSR count). The van der Waals surface area contributed by atoms with Crippen LogP contribution in [-0.4, -0.2) is 106 Å². The van der Waals surface area contributed by atoms with E-state index in [0.717, 1.165) is 0 Å². The van der Waals surface area contributed by atoms with Gasteiger partial charge in [0.2, 0.25) is 5.91 Å². The SMILES string of the molecule is NCCC(=O)Nc1c(I)c(C(=O)NC(CO)C(O)CO)c(I)c(C(=O)NC(CO)C(O)CO)c1I. The monoisotopic (exact) mass is 836 g/mol. The van der Waals surface area contributed by atoms with Gasteiger partial charge in [-0.1, -0.05) is 0 Å². The summed E-state index contributed by atoms with van der Waals surface area (Å²) in [6, 6.07) is -2.44. The Balaban J connectivity index is 3.66. The molecule has 3 amide bonds. The zero-order valence-corrected chi connectivity index (χ0v) is 24.6. The van der Waals surface area contributed by atoms with Crippen molar-refractivity contribution in [1.82, 2.24) is 10.6 Å². The molecule has 1 aromatic rings. The standard InChI is InChI=1S/C19H27I3N4O9/c20-14-12(18(34)24-7(3-27)9(31)5-29)15(21)17(26-11(33)1-2-23)16(22)13(14)19(35)25-8(4-28)10(32)6-30/h7-10,27-32H,1-6,23H2,(H,24,34)(H,25,35)(H,26,33). The summed E-state index contributed by atoms with van der Waals surface area (Å²) in [5.41, 5.74) is 5.44. The van der Waals surface area contributed by atoms with E-state index in [9.17, 15) is 34.8 Å². The molecule has 35 heavy (non-hydrogen) atoms. The molecule has 1 aromatic carbocycles. The number of aliphatic hydroxyl groups excluding tert-OH is 6. The second-order valence-corrected chi connectivity index (χ2v) is 10.4. The number of carbonyl (C=O) groups excluding carboxylic acids is 3. The van der Waals surface area contributed by atoms with E-state index in [4.69, 9.17) is 15.9 Å². The molecular formula is C19H27I3N4O9. The first-order chi connectivity index (χ1) is 16.5. The topological polar surface area (TPSA) is 235 Å².